The first kappa shape index (κ1) is 21.9. The normalized spacial score (nSPS) is 16.3. The van der Waals surface area contributed by atoms with Gasteiger partial charge in [0.25, 0.3) is 5.91 Å². The maximum absolute atomic E-state index is 13.3. The van der Waals surface area contributed by atoms with E-state index in [1.807, 2.05) is 12.1 Å². The summed E-state index contributed by atoms with van der Waals surface area (Å²) in [7, 11) is 3.22. The van der Waals surface area contributed by atoms with Crippen LogP contribution in [0.1, 0.15) is 40.9 Å². The average Bonchev–Trinajstić information content (AvgIpc) is 2.64. The van der Waals surface area contributed by atoms with E-state index < -0.39 is 17.6 Å². The number of nitrogens with zero attached hydrogens (tertiary/aromatic N) is 1. The Bertz CT molecular complexity index is 958. The summed E-state index contributed by atoms with van der Waals surface area (Å²) in [4.78, 5) is 14.9. The third kappa shape index (κ3) is 4.23. The van der Waals surface area contributed by atoms with Crippen LogP contribution in [0.25, 0.3) is 0 Å². The molecule has 1 N–H and O–H groups in total. The van der Waals surface area contributed by atoms with Gasteiger partial charge in [0.1, 0.15) is 5.75 Å². The number of ether oxygens (including phenoxy) is 1. The lowest BCUT2D eigenvalue weighted by molar-refractivity contribution is -0.138. The molecule has 0 unspecified atom stereocenters. The smallest absolute Gasteiger partial charge is 0.419 e. The van der Waals surface area contributed by atoms with Gasteiger partial charge in [-0.15, -0.1) is 0 Å². The van der Waals surface area contributed by atoms with Crippen LogP contribution in [0.2, 0.25) is 0 Å². The van der Waals surface area contributed by atoms with Crippen molar-refractivity contribution >= 4 is 34.2 Å². The van der Waals surface area contributed by atoms with Gasteiger partial charge in [0.15, 0.2) is 0 Å². The Morgan fingerprint density at radius 3 is 2.55 bits per heavy atom. The number of anilines is 1. The first-order valence-electron chi connectivity index (χ1n) is 9.06. The fourth-order valence-corrected chi connectivity index (χ4v) is 4.44. The van der Waals surface area contributed by atoms with E-state index in [1.165, 1.54) is 11.6 Å². The zero-order valence-electron chi connectivity index (χ0n) is 16.6. The molecule has 2 aromatic carbocycles. The summed E-state index contributed by atoms with van der Waals surface area (Å²) in [6.45, 7) is 5.17. The van der Waals surface area contributed by atoms with E-state index in [-0.39, 0.29) is 16.9 Å². The Labute approximate surface area is 181 Å². The third-order valence-electron chi connectivity index (χ3n) is 5.53. The summed E-state index contributed by atoms with van der Waals surface area (Å²) < 4.78 is 45.6. The van der Waals surface area contributed by atoms with Gasteiger partial charge in [0, 0.05) is 26.9 Å². The van der Waals surface area contributed by atoms with Crippen molar-refractivity contribution < 1.29 is 22.7 Å². The number of carbonyl (C=O) groups excluding carboxylic acids is 1. The number of nitrogens with one attached hydrogen (secondary N) is 1. The van der Waals surface area contributed by atoms with Crippen molar-refractivity contribution in [3.8, 4) is 5.75 Å². The van der Waals surface area contributed by atoms with Crippen LogP contribution < -0.4 is 10.1 Å². The fraction of sp³-hybridized carbons (Fsp3) is 0.381. The summed E-state index contributed by atoms with van der Waals surface area (Å²) in [5, 5.41) is 2.75. The maximum Gasteiger partial charge on any atom is 0.419 e. The molecular formula is C21H22F3IN2O2. The highest BCUT2D eigenvalue weighted by Crippen LogP contribution is 2.39. The molecule has 1 heterocycles. The van der Waals surface area contributed by atoms with Gasteiger partial charge in [-0.3, -0.25) is 9.69 Å². The van der Waals surface area contributed by atoms with Crippen molar-refractivity contribution in [1.82, 2.24) is 4.90 Å². The molecule has 29 heavy (non-hydrogen) atoms. The van der Waals surface area contributed by atoms with Crippen molar-refractivity contribution in [2.45, 2.75) is 32.0 Å². The van der Waals surface area contributed by atoms with E-state index in [9.17, 15) is 18.0 Å². The summed E-state index contributed by atoms with van der Waals surface area (Å²) in [5.41, 5.74) is 1.65. The molecule has 0 aromatic heterocycles. The number of halogens is 4. The van der Waals surface area contributed by atoms with Crippen molar-refractivity contribution in [2.75, 3.05) is 26.0 Å². The number of methoxy groups -OCH3 is 1. The number of amides is 1. The Morgan fingerprint density at radius 2 is 1.93 bits per heavy atom. The largest absolute Gasteiger partial charge is 0.496 e. The zero-order valence-corrected chi connectivity index (χ0v) is 18.7. The van der Waals surface area contributed by atoms with Gasteiger partial charge in [0.05, 0.1) is 12.7 Å². The summed E-state index contributed by atoms with van der Waals surface area (Å²) in [6.07, 6.45) is -3.70. The average molecular weight is 518 g/mol. The number of rotatable bonds is 3. The highest BCUT2D eigenvalue weighted by Gasteiger charge is 2.35. The van der Waals surface area contributed by atoms with E-state index in [4.69, 9.17) is 4.74 Å². The van der Waals surface area contributed by atoms with E-state index in [0.29, 0.717) is 5.69 Å². The number of benzene rings is 2. The van der Waals surface area contributed by atoms with Gasteiger partial charge in [-0.1, -0.05) is 0 Å². The molecule has 0 bridgehead atoms. The Kier molecular flexibility index (Phi) is 5.88. The van der Waals surface area contributed by atoms with Crippen LogP contribution in [0.5, 0.6) is 5.75 Å². The topological polar surface area (TPSA) is 41.6 Å². The molecule has 156 valence electrons. The number of carbonyl (C=O) groups is 1. The Hall–Kier alpha value is -1.81. The predicted molar refractivity (Wildman–Crippen MR) is 114 cm³/mol. The van der Waals surface area contributed by atoms with Gasteiger partial charge in [-0.2, -0.15) is 13.2 Å². The monoisotopic (exact) mass is 518 g/mol. The van der Waals surface area contributed by atoms with Crippen LogP contribution in [-0.2, 0) is 18.1 Å². The Balaban J connectivity index is 1.95. The molecule has 4 nitrogen and oxygen atoms in total. The van der Waals surface area contributed by atoms with Crippen molar-refractivity contribution in [2.24, 2.45) is 0 Å². The molecule has 0 atom stereocenters. The van der Waals surface area contributed by atoms with Crippen LogP contribution in [0.3, 0.4) is 0 Å². The number of fused-ring (bicyclic) bond motifs is 1. The number of alkyl halides is 3. The molecule has 1 aliphatic rings. The molecule has 0 aliphatic carbocycles. The van der Waals surface area contributed by atoms with E-state index in [1.54, 1.807) is 0 Å². The quantitative estimate of drug-likeness (QED) is 0.562. The van der Waals surface area contributed by atoms with Gasteiger partial charge >= 0.3 is 6.18 Å². The molecule has 0 radical (unpaired) electrons. The lowest BCUT2D eigenvalue weighted by Gasteiger charge is -2.42. The molecule has 1 aliphatic heterocycles. The van der Waals surface area contributed by atoms with Crippen LogP contribution in [0.4, 0.5) is 18.9 Å². The van der Waals surface area contributed by atoms with Gasteiger partial charge in [-0.25, -0.2) is 0 Å². The molecule has 0 spiro atoms. The summed E-state index contributed by atoms with van der Waals surface area (Å²) >= 11 is 2.24. The van der Waals surface area contributed by atoms with Crippen molar-refractivity contribution in [1.29, 1.82) is 0 Å². The highest BCUT2D eigenvalue weighted by atomic mass is 127. The first-order chi connectivity index (χ1) is 13.4. The highest BCUT2D eigenvalue weighted by molar-refractivity contribution is 14.1. The standard InChI is InChI=1S/C21H22F3IN2O2/c1-20(2)15-10-13(11-17(25)14(15)7-8-27(20)3)26-19(28)12-5-6-18(29-4)16(9-12)21(22,23)24/h5-6,9-11H,7-8H2,1-4H3,(H,26,28). The van der Waals surface area contributed by atoms with Crippen LogP contribution >= 0.6 is 22.6 Å². The molecule has 1 amide bonds. The van der Waals surface area contributed by atoms with E-state index in [2.05, 4.69) is 53.7 Å². The predicted octanol–water partition coefficient (Wildman–Crippen LogP) is 5.29. The molecule has 0 saturated carbocycles. The molecular weight excluding hydrogens is 496 g/mol. The fourth-order valence-electron chi connectivity index (χ4n) is 3.55. The second kappa shape index (κ2) is 7.79. The lowest BCUT2D eigenvalue weighted by Crippen LogP contribution is -2.44. The van der Waals surface area contributed by atoms with Gasteiger partial charge < -0.3 is 10.1 Å². The van der Waals surface area contributed by atoms with Crippen molar-refractivity contribution in [3.05, 3.63) is 56.2 Å². The number of likely N-dealkylation sites (N-methyl/N-ethyl adjacent to an activating group) is 1. The minimum Gasteiger partial charge on any atom is -0.496 e. The van der Waals surface area contributed by atoms with E-state index >= 15 is 0 Å². The zero-order chi connectivity index (χ0) is 21.6. The molecule has 0 saturated heterocycles. The van der Waals surface area contributed by atoms with E-state index in [0.717, 1.165) is 41.3 Å². The molecule has 3 rings (SSSR count). The lowest BCUT2D eigenvalue weighted by atomic mass is 9.83. The molecule has 2 aromatic rings. The summed E-state index contributed by atoms with van der Waals surface area (Å²) in [5.74, 6) is -0.918. The van der Waals surface area contributed by atoms with Crippen molar-refractivity contribution in [3.63, 3.8) is 0 Å². The van der Waals surface area contributed by atoms with Crippen LogP contribution in [0.15, 0.2) is 30.3 Å². The Morgan fingerprint density at radius 1 is 1.24 bits per heavy atom. The third-order valence-corrected chi connectivity index (χ3v) is 6.49. The van der Waals surface area contributed by atoms with Gasteiger partial charge in [0.2, 0.25) is 0 Å². The van der Waals surface area contributed by atoms with Gasteiger partial charge in [-0.05, 0) is 91.4 Å². The maximum atomic E-state index is 13.3. The molecule has 8 heteroatoms. The summed E-state index contributed by atoms with van der Waals surface area (Å²) in [6, 6.07) is 7.07. The number of hydrogen-bond donors (Lipinski definition) is 1. The minimum atomic E-state index is -4.61. The first-order valence-corrected chi connectivity index (χ1v) is 10.1. The van der Waals surface area contributed by atoms with Crippen LogP contribution in [-0.4, -0.2) is 31.5 Å². The minimum absolute atomic E-state index is 0.0813. The van der Waals surface area contributed by atoms with Crippen LogP contribution in [0, 0.1) is 3.57 Å². The SMILES string of the molecule is COc1ccc(C(=O)Nc2cc(I)c3c(c2)C(C)(C)N(C)CC3)cc1C(F)(F)F. The molecule has 0 fully saturated rings. The second-order valence-electron chi connectivity index (χ2n) is 7.58. The second-order valence-corrected chi connectivity index (χ2v) is 8.74. The number of hydrogen-bond acceptors (Lipinski definition) is 3.